The van der Waals surface area contributed by atoms with E-state index < -0.39 is 6.10 Å². The number of halogens is 1. The minimum Gasteiger partial charge on any atom is -0.481 e. The number of carbonyl (C=O) groups is 1. The molecule has 2 aromatic rings. The van der Waals surface area contributed by atoms with E-state index in [4.69, 9.17) is 16.3 Å². The normalized spacial score (nSPS) is 11.8. The Labute approximate surface area is 123 Å². The van der Waals surface area contributed by atoms with Gasteiger partial charge >= 0.3 is 0 Å². The summed E-state index contributed by atoms with van der Waals surface area (Å²) in [7, 11) is 0. The average molecular weight is 290 g/mol. The summed E-state index contributed by atoms with van der Waals surface area (Å²) in [6.07, 6.45) is -0.588. The van der Waals surface area contributed by atoms with Crippen LogP contribution in [-0.4, -0.2) is 12.0 Å². The molecule has 0 bridgehead atoms. The van der Waals surface area contributed by atoms with Gasteiger partial charge in [-0.2, -0.15) is 0 Å². The number of aryl methyl sites for hydroxylation is 1. The molecule has 2 rings (SSSR count). The lowest BCUT2D eigenvalue weighted by molar-refractivity contribution is -0.122. The second-order valence-corrected chi connectivity index (χ2v) is 4.96. The summed E-state index contributed by atoms with van der Waals surface area (Å²) < 4.78 is 5.66. The molecule has 3 nitrogen and oxygen atoms in total. The van der Waals surface area contributed by atoms with Crippen molar-refractivity contribution >= 4 is 23.2 Å². The minimum absolute atomic E-state index is 0.189. The van der Waals surface area contributed by atoms with Crippen LogP contribution in [0.15, 0.2) is 48.5 Å². The van der Waals surface area contributed by atoms with Gasteiger partial charge in [-0.05, 0) is 49.7 Å². The molecule has 1 amide bonds. The molecule has 0 fully saturated rings. The lowest BCUT2D eigenvalue weighted by Gasteiger charge is -2.16. The average Bonchev–Trinajstić information content (AvgIpc) is 2.43. The largest absolute Gasteiger partial charge is 0.481 e. The van der Waals surface area contributed by atoms with Gasteiger partial charge in [0.2, 0.25) is 0 Å². The van der Waals surface area contributed by atoms with Crippen molar-refractivity contribution in [2.75, 3.05) is 5.32 Å². The van der Waals surface area contributed by atoms with Gasteiger partial charge in [0.1, 0.15) is 5.75 Å². The van der Waals surface area contributed by atoms with Crippen LogP contribution in [0.3, 0.4) is 0 Å². The van der Waals surface area contributed by atoms with Crippen molar-refractivity contribution in [1.82, 2.24) is 0 Å². The summed E-state index contributed by atoms with van der Waals surface area (Å²) in [4.78, 5) is 12.0. The highest BCUT2D eigenvalue weighted by Gasteiger charge is 2.15. The molecule has 0 saturated heterocycles. The van der Waals surface area contributed by atoms with Gasteiger partial charge in [-0.3, -0.25) is 4.79 Å². The van der Waals surface area contributed by atoms with E-state index in [0.717, 1.165) is 11.3 Å². The van der Waals surface area contributed by atoms with Crippen LogP contribution >= 0.6 is 11.6 Å². The molecule has 4 heteroatoms. The number of carbonyl (C=O) groups excluding carboxylic acids is 1. The monoisotopic (exact) mass is 289 g/mol. The maximum Gasteiger partial charge on any atom is 0.265 e. The smallest absolute Gasteiger partial charge is 0.265 e. The van der Waals surface area contributed by atoms with Crippen molar-refractivity contribution in [3.63, 3.8) is 0 Å². The fraction of sp³-hybridized carbons (Fsp3) is 0.188. The van der Waals surface area contributed by atoms with E-state index >= 15 is 0 Å². The van der Waals surface area contributed by atoms with Gasteiger partial charge < -0.3 is 10.1 Å². The second-order valence-electron chi connectivity index (χ2n) is 4.53. The molecule has 0 unspecified atom stereocenters. The van der Waals surface area contributed by atoms with Crippen LogP contribution in [0.1, 0.15) is 12.5 Å². The van der Waals surface area contributed by atoms with Crippen LogP contribution in [0.5, 0.6) is 5.75 Å². The fourth-order valence-electron chi connectivity index (χ4n) is 1.75. The van der Waals surface area contributed by atoms with Crippen LogP contribution in [0.25, 0.3) is 0 Å². The maximum absolute atomic E-state index is 12.0. The van der Waals surface area contributed by atoms with Crippen LogP contribution in [0.2, 0.25) is 5.02 Å². The van der Waals surface area contributed by atoms with Crippen molar-refractivity contribution in [1.29, 1.82) is 0 Å². The van der Waals surface area contributed by atoms with Crippen molar-refractivity contribution in [2.24, 2.45) is 0 Å². The zero-order valence-corrected chi connectivity index (χ0v) is 12.1. The van der Waals surface area contributed by atoms with Crippen LogP contribution in [0, 0.1) is 6.92 Å². The van der Waals surface area contributed by atoms with E-state index in [0.29, 0.717) is 10.8 Å². The molecule has 0 heterocycles. The summed E-state index contributed by atoms with van der Waals surface area (Å²) in [5.74, 6) is 0.468. The van der Waals surface area contributed by atoms with E-state index in [9.17, 15) is 4.79 Å². The fourth-order valence-corrected chi connectivity index (χ4v) is 1.98. The van der Waals surface area contributed by atoms with Gasteiger partial charge in [0.15, 0.2) is 6.10 Å². The molecular formula is C16H16ClNO2. The minimum atomic E-state index is -0.588. The highest BCUT2D eigenvalue weighted by Crippen LogP contribution is 2.23. The Morgan fingerprint density at radius 3 is 2.55 bits per heavy atom. The molecule has 20 heavy (non-hydrogen) atoms. The van der Waals surface area contributed by atoms with E-state index in [1.807, 2.05) is 37.3 Å². The van der Waals surface area contributed by atoms with Crippen LogP contribution in [-0.2, 0) is 4.79 Å². The first-order chi connectivity index (χ1) is 9.56. The van der Waals surface area contributed by atoms with Gasteiger partial charge in [-0.1, -0.05) is 29.8 Å². The molecule has 0 saturated carbocycles. The number of ether oxygens (including phenoxy) is 1. The van der Waals surface area contributed by atoms with Crippen LogP contribution in [0.4, 0.5) is 5.69 Å². The number of hydrogen-bond acceptors (Lipinski definition) is 2. The number of rotatable bonds is 4. The van der Waals surface area contributed by atoms with E-state index in [1.54, 1.807) is 25.1 Å². The Balaban J connectivity index is 2.00. The van der Waals surface area contributed by atoms with Crippen molar-refractivity contribution in [3.05, 3.63) is 59.1 Å². The molecule has 2 aromatic carbocycles. The molecule has 1 atom stereocenters. The van der Waals surface area contributed by atoms with Gasteiger partial charge in [-0.25, -0.2) is 0 Å². The zero-order chi connectivity index (χ0) is 14.5. The van der Waals surface area contributed by atoms with Crippen molar-refractivity contribution in [2.45, 2.75) is 20.0 Å². The first kappa shape index (κ1) is 14.4. The standard InChI is InChI=1S/C16H16ClNO2/c1-11-10-13(17)8-9-15(11)20-12(2)16(19)18-14-6-4-3-5-7-14/h3-10,12H,1-2H3,(H,18,19)/t12-/m1/s1. The third kappa shape index (κ3) is 3.75. The van der Waals surface area contributed by atoms with Gasteiger partial charge in [0.25, 0.3) is 5.91 Å². The predicted octanol–water partition coefficient (Wildman–Crippen LogP) is 4.05. The van der Waals surface area contributed by atoms with Gasteiger partial charge in [-0.15, -0.1) is 0 Å². The Hall–Kier alpha value is -2.00. The zero-order valence-electron chi connectivity index (χ0n) is 11.4. The first-order valence-corrected chi connectivity index (χ1v) is 6.73. The van der Waals surface area contributed by atoms with E-state index in [-0.39, 0.29) is 5.91 Å². The second kappa shape index (κ2) is 6.44. The first-order valence-electron chi connectivity index (χ1n) is 6.35. The SMILES string of the molecule is Cc1cc(Cl)ccc1O[C@H](C)C(=O)Nc1ccccc1. The summed E-state index contributed by atoms with van der Waals surface area (Å²) in [6.45, 7) is 3.61. The summed E-state index contributed by atoms with van der Waals surface area (Å²) >= 11 is 5.89. The van der Waals surface area contributed by atoms with Gasteiger partial charge in [0, 0.05) is 10.7 Å². The molecule has 104 valence electrons. The van der Waals surface area contributed by atoms with Crippen LogP contribution < -0.4 is 10.1 Å². The van der Waals surface area contributed by atoms with Gasteiger partial charge in [0.05, 0.1) is 0 Å². The Morgan fingerprint density at radius 2 is 1.90 bits per heavy atom. The molecular weight excluding hydrogens is 274 g/mol. The highest BCUT2D eigenvalue weighted by atomic mass is 35.5. The number of nitrogens with one attached hydrogen (secondary N) is 1. The van der Waals surface area contributed by atoms with E-state index in [1.165, 1.54) is 0 Å². The summed E-state index contributed by atoms with van der Waals surface area (Å²) in [6, 6.07) is 14.6. The lowest BCUT2D eigenvalue weighted by Crippen LogP contribution is -2.30. The maximum atomic E-state index is 12.0. The lowest BCUT2D eigenvalue weighted by atomic mass is 10.2. The summed E-state index contributed by atoms with van der Waals surface area (Å²) in [5.41, 5.74) is 1.65. The molecule has 0 aliphatic heterocycles. The number of hydrogen-bond donors (Lipinski definition) is 1. The third-order valence-corrected chi connectivity index (χ3v) is 3.09. The number of anilines is 1. The summed E-state index contributed by atoms with van der Waals surface area (Å²) in [5, 5.41) is 3.45. The predicted molar refractivity (Wildman–Crippen MR) is 81.4 cm³/mol. The molecule has 0 aromatic heterocycles. The molecule has 0 spiro atoms. The number of para-hydroxylation sites is 1. The topological polar surface area (TPSA) is 38.3 Å². The number of amides is 1. The molecule has 0 aliphatic rings. The molecule has 0 radical (unpaired) electrons. The molecule has 0 aliphatic carbocycles. The van der Waals surface area contributed by atoms with E-state index in [2.05, 4.69) is 5.32 Å². The Kier molecular flexibility index (Phi) is 4.64. The van der Waals surface area contributed by atoms with Crippen molar-refractivity contribution in [3.8, 4) is 5.75 Å². The Morgan fingerprint density at radius 1 is 1.20 bits per heavy atom. The number of benzene rings is 2. The molecule has 1 N–H and O–H groups in total. The van der Waals surface area contributed by atoms with Crippen molar-refractivity contribution < 1.29 is 9.53 Å². The third-order valence-electron chi connectivity index (χ3n) is 2.85. The highest BCUT2D eigenvalue weighted by molar-refractivity contribution is 6.30. The quantitative estimate of drug-likeness (QED) is 0.922. The Bertz CT molecular complexity index is 599.